The Morgan fingerprint density at radius 3 is 2.30 bits per heavy atom. The van der Waals surface area contributed by atoms with E-state index in [1.807, 2.05) is 0 Å². The van der Waals surface area contributed by atoms with E-state index in [0.29, 0.717) is 12.8 Å². The molecule has 6 heteroatoms. The van der Waals surface area contributed by atoms with Crippen LogP contribution in [0, 0.1) is 0 Å². The average molecular weight is 282 g/mol. The minimum Gasteiger partial charge on any atom is -0.478 e. The van der Waals surface area contributed by atoms with Gasteiger partial charge in [-0.25, -0.2) is 14.4 Å². The van der Waals surface area contributed by atoms with E-state index >= 15 is 0 Å². The molecular weight excluding hydrogens is 264 g/mol. The second kappa shape index (κ2) is 9.55. The number of ether oxygens (including phenoxy) is 2. The van der Waals surface area contributed by atoms with Gasteiger partial charge >= 0.3 is 17.9 Å². The molecule has 0 saturated heterocycles. The topological polar surface area (TPSA) is 89.9 Å². The SMILES string of the molecule is C=CC(=O)OCOC(=O)C=C(C)CCC=C(C)C(=O)O. The largest absolute Gasteiger partial charge is 0.478 e. The van der Waals surface area contributed by atoms with Crippen LogP contribution in [0.15, 0.2) is 36.0 Å². The van der Waals surface area contributed by atoms with Gasteiger partial charge in [-0.1, -0.05) is 18.2 Å². The second-order valence-electron chi connectivity index (χ2n) is 3.97. The molecule has 0 radical (unpaired) electrons. The van der Waals surface area contributed by atoms with Crippen LogP contribution in [-0.2, 0) is 23.9 Å². The Kier molecular flexibility index (Phi) is 8.41. The smallest absolute Gasteiger partial charge is 0.333 e. The fourth-order valence-corrected chi connectivity index (χ4v) is 1.12. The molecule has 0 spiro atoms. The van der Waals surface area contributed by atoms with Crippen molar-refractivity contribution in [2.24, 2.45) is 0 Å². The van der Waals surface area contributed by atoms with Crippen molar-refractivity contribution in [3.63, 3.8) is 0 Å². The number of carbonyl (C=O) groups excluding carboxylic acids is 2. The van der Waals surface area contributed by atoms with Crippen LogP contribution in [0.5, 0.6) is 0 Å². The number of hydrogen-bond donors (Lipinski definition) is 1. The molecule has 1 N–H and O–H groups in total. The van der Waals surface area contributed by atoms with Crippen LogP contribution in [0.25, 0.3) is 0 Å². The van der Waals surface area contributed by atoms with Gasteiger partial charge in [0.2, 0.25) is 6.79 Å². The Balaban J connectivity index is 4.08. The summed E-state index contributed by atoms with van der Waals surface area (Å²) in [5.41, 5.74) is 0.996. The molecule has 6 nitrogen and oxygen atoms in total. The normalized spacial score (nSPS) is 11.7. The van der Waals surface area contributed by atoms with Gasteiger partial charge in [0.15, 0.2) is 0 Å². The van der Waals surface area contributed by atoms with Crippen molar-refractivity contribution in [2.45, 2.75) is 26.7 Å². The minimum absolute atomic E-state index is 0.261. The molecule has 0 aliphatic heterocycles. The molecule has 0 aromatic rings. The number of aliphatic carboxylic acids is 1. The molecule has 0 amide bonds. The van der Waals surface area contributed by atoms with Gasteiger partial charge in [-0.15, -0.1) is 0 Å². The van der Waals surface area contributed by atoms with Crippen LogP contribution >= 0.6 is 0 Å². The molecule has 0 aliphatic rings. The monoisotopic (exact) mass is 282 g/mol. The predicted octanol–water partition coefficient (Wildman–Crippen LogP) is 1.97. The maximum Gasteiger partial charge on any atom is 0.333 e. The van der Waals surface area contributed by atoms with Gasteiger partial charge in [0, 0.05) is 17.7 Å². The van der Waals surface area contributed by atoms with E-state index in [9.17, 15) is 14.4 Å². The molecule has 0 fully saturated rings. The summed E-state index contributed by atoms with van der Waals surface area (Å²) in [7, 11) is 0. The first-order valence-corrected chi connectivity index (χ1v) is 5.90. The summed E-state index contributed by atoms with van der Waals surface area (Å²) in [6.45, 7) is 5.95. The molecule has 0 atom stereocenters. The molecule has 0 aromatic carbocycles. The summed E-state index contributed by atoms with van der Waals surface area (Å²) in [5.74, 6) is -2.26. The van der Waals surface area contributed by atoms with Crippen LogP contribution in [0.2, 0.25) is 0 Å². The molecule has 0 aromatic heterocycles. The highest BCUT2D eigenvalue weighted by atomic mass is 16.7. The van der Waals surface area contributed by atoms with Crippen LogP contribution < -0.4 is 0 Å². The number of esters is 2. The van der Waals surface area contributed by atoms with Gasteiger partial charge in [-0.2, -0.15) is 0 Å². The van der Waals surface area contributed by atoms with Crippen LogP contribution in [-0.4, -0.2) is 29.8 Å². The number of rotatable bonds is 8. The molecule has 0 aliphatic carbocycles. The molecule has 0 rings (SSSR count). The van der Waals surface area contributed by atoms with E-state index in [2.05, 4.69) is 16.1 Å². The zero-order chi connectivity index (χ0) is 15.5. The van der Waals surface area contributed by atoms with Crippen molar-refractivity contribution in [3.8, 4) is 0 Å². The van der Waals surface area contributed by atoms with Crippen LogP contribution in [0.1, 0.15) is 26.7 Å². The molecule has 20 heavy (non-hydrogen) atoms. The van der Waals surface area contributed by atoms with Gasteiger partial charge in [0.25, 0.3) is 0 Å². The number of carboxylic acid groups (broad SMARTS) is 1. The number of allylic oxidation sites excluding steroid dienone is 2. The summed E-state index contributed by atoms with van der Waals surface area (Å²) in [5, 5.41) is 8.65. The van der Waals surface area contributed by atoms with Gasteiger partial charge in [0.05, 0.1) is 0 Å². The molecule has 0 unspecified atom stereocenters. The van der Waals surface area contributed by atoms with Gasteiger partial charge in [0.1, 0.15) is 0 Å². The standard InChI is InChI=1S/C14H18O6/c1-4-12(15)19-9-20-13(16)8-10(2)6-5-7-11(3)14(17)18/h4,7-8H,1,5-6,9H2,2-3H3,(H,17,18). The van der Waals surface area contributed by atoms with Crippen molar-refractivity contribution in [1.29, 1.82) is 0 Å². The third-order valence-electron chi connectivity index (χ3n) is 2.26. The lowest BCUT2D eigenvalue weighted by atomic mass is 10.1. The van der Waals surface area contributed by atoms with Crippen molar-refractivity contribution in [1.82, 2.24) is 0 Å². The highest BCUT2D eigenvalue weighted by Crippen LogP contribution is 2.07. The Labute approximate surface area is 117 Å². The quantitative estimate of drug-likeness (QED) is 0.416. The molecule has 0 bridgehead atoms. The van der Waals surface area contributed by atoms with Crippen LogP contribution in [0.3, 0.4) is 0 Å². The summed E-state index contributed by atoms with van der Waals surface area (Å²) in [6.07, 6.45) is 4.86. The summed E-state index contributed by atoms with van der Waals surface area (Å²) < 4.78 is 9.11. The fraction of sp³-hybridized carbons (Fsp3) is 0.357. The van der Waals surface area contributed by atoms with Crippen molar-refractivity contribution < 1.29 is 29.0 Å². The van der Waals surface area contributed by atoms with Gasteiger partial charge < -0.3 is 14.6 Å². The van der Waals surface area contributed by atoms with Crippen LogP contribution in [0.4, 0.5) is 0 Å². The third-order valence-corrected chi connectivity index (χ3v) is 2.26. The van der Waals surface area contributed by atoms with Crippen molar-refractivity contribution in [2.75, 3.05) is 6.79 Å². The van der Waals surface area contributed by atoms with E-state index in [-0.39, 0.29) is 5.57 Å². The Bertz CT molecular complexity index is 445. The molecule has 0 heterocycles. The zero-order valence-corrected chi connectivity index (χ0v) is 11.5. The van der Waals surface area contributed by atoms with E-state index < -0.39 is 24.7 Å². The first kappa shape index (κ1) is 17.6. The average Bonchev–Trinajstić information content (AvgIpc) is 2.37. The second-order valence-corrected chi connectivity index (χ2v) is 3.97. The summed E-state index contributed by atoms with van der Waals surface area (Å²) >= 11 is 0. The lowest BCUT2D eigenvalue weighted by Gasteiger charge is -2.03. The minimum atomic E-state index is -0.963. The lowest BCUT2D eigenvalue weighted by Crippen LogP contribution is -2.09. The maximum atomic E-state index is 11.3. The zero-order valence-electron chi connectivity index (χ0n) is 11.5. The van der Waals surface area contributed by atoms with Gasteiger partial charge in [-0.3, -0.25) is 0 Å². The highest BCUT2D eigenvalue weighted by Gasteiger charge is 2.02. The Hall–Kier alpha value is -2.37. The van der Waals surface area contributed by atoms with Crippen molar-refractivity contribution >= 4 is 17.9 Å². The number of carbonyl (C=O) groups is 3. The van der Waals surface area contributed by atoms with E-state index in [1.54, 1.807) is 13.0 Å². The Morgan fingerprint density at radius 2 is 1.75 bits per heavy atom. The number of carboxylic acids is 1. The fourth-order valence-electron chi connectivity index (χ4n) is 1.12. The summed E-state index contributed by atoms with van der Waals surface area (Å²) in [6, 6.07) is 0. The summed E-state index contributed by atoms with van der Waals surface area (Å²) in [4.78, 5) is 32.5. The van der Waals surface area contributed by atoms with E-state index in [1.165, 1.54) is 13.0 Å². The van der Waals surface area contributed by atoms with E-state index in [0.717, 1.165) is 11.6 Å². The first-order chi connectivity index (χ1) is 9.36. The predicted molar refractivity (Wildman–Crippen MR) is 71.6 cm³/mol. The maximum absolute atomic E-state index is 11.3. The Morgan fingerprint density at radius 1 is 1.15 bits per heavy atom. The van der Waals surface area contributed by atoms with Crippen molar-refractivity contribution in [3.05, 3.63) is 36.0 Å². The highest BCUT2D eigenvalue weighted by molar-refractivity contribution is 5.85. The van der Waals surface area contributed by atoms with Gasteiger partial charge in [-0.05, 0) is 26.7 Å². The lowest BCUT2D eigenvalue weighted by molar-refractivity contribution is -0.160. The molecular formula is C14H18O6. The number of hydrogen-bond acceptors (Lipinski definition) is 5. The first-order valence-electron chi connectivity index (χ1n) is 5.90. The third kappa shape index (κ3) is 8.68. The molecule has 110 valence electrons. The molecule has 0 saturated carbocycles. The van der Waals surface area contributed by atoms with E-state index in [4.69, 9.17) is 5.11 Å².